The lowest BCUT2D eigenvalue weighted by molar-refractivity contribution is 0.0600. The molecule has 0 saturated carbocycles. The van der Waals surface area contributed by atoms with E-state index in [1.54, 1.807) is 30.3 Å². The number of amides is 1. The number of halogens is 1. The van der Waals surface area contributed by atoms with Crippen molar-refractivity contribution in [1.82, 2.24) is 4.98 Å². The Kier molecular flexibility index (Phi) is 5.91. The van der Waals surface area contributed by atoms with E-state index in [0.29, 0.717) is 27.6 Å². The van der Waals surface area contributed by atoms with Crippen molar-refractivity contribution < 1.29 is 14.3 Å². The molecule has 1 heterocycles. The van der Waals surface area contributed by atoms with Gasteiger partial charge in [-0.25, -0.2) is 9.78 Å². The minimum atomic E-state index is -0.457. The molecule has 0 aliphatic heterocycles. The number of anilines is 3. The first kappa shape index (κ1) is 19.4. The van der Waals surface area contributed by atoms with Gasteiger partial charge in [0, 0.05) is 5.69 Å². The predicted octanol–water partition coefficient (Wildman–Crippen LogP) is 4.83. The molecule has 0 aliphatic rings. The largest absolute Gasteiger partial charge is 0.465 e. The number of aromatic nitrogens is 1. The second kappa shape index (κ2) is 8.54. The van der Waals surface area contributed by atoms with Gasteiger partial charge in [-0.3, -0.25) is 4.79 Å². The highest BCUT2D eigenvalue weighted by molar-refractivity contribution is 6.33. The maximum Gasteiger partial charge on any atom is 0.337 e. The molecule has 142 valence electrons. The first-order valence-corrected chi connectivity index (χ1v) is 8.83. The number of hydrogen-bond donors (Lipinski definition) is 2. The highest BCUT2D eigenvalue weighted by Crippen LogP contribution is 2.26. The van der Waals surface area contributed by atoms with E-state index < -0.39 is 5.97 Å². The molecule has 0 spiro atoms. The van der Waals surface area contributed by atoms with Gasteiger partial charge in [0.25, 0.3) is 5.91 Å². The summed E-state index contributed by atoms with van der Waals surface area (Å²) in [5, 5.41) is 6.33. The van der Waals surface area contributed by atoms with E-state index in [9.17, 15) is 9.59 Å². The minimum absolute atomic E-state index is 0.279. The van der Waals surface area contributed by atoms with Gasteiger partial charge in [0.2, 0.25) is 0 Å². The van der Waals surface area contributed by atoms with Crippen LogP contribution >= 0.6 is 11.6 Å². The molecule has 0 atom stereocenters. The highest BCUT2D eigenvalue weighted by atomic mass is 35.5. The Morgan fingerprint density at radius 3 is 2.54 bits per heavy atom. The molecular formula is C21H18ClN3O3. The summed E-state index contributed by atoms with van der Waals surface area (Å²) in [4.78, 5) is 28.2. The molecule has 7 heteroatoms. The predicted molar refractivity (Wildman–Crippen MR) is 109 cm³/mol. The zero-order chi connectivity index (χ0) is 20.1. The van der Waals surface area contributed by atoms with Crippen molar-refractivity contribution >= 4 is 40.5 Å². The van der Waals surface area contributed by atoms with Crippen LogP contribution in [0.25, 0.3) is 0 Å². The molecule has 1 amide bonds. The van der Waals surface area contributed by atoms with Crippen LogP contribution in [-0.2, 0) is 4.74 Å². The molecule has 0 fully saturated rings. The summed E-state index contributed by atoms with van der Waals surface area (Å²) in [5.41, 5.74) is 3.56. The second-order valence-corrected chi connectivity index (χ2v) is 6.47. The molecule has 28 heavy (non-hydrogen) atoms. The number of esters is 1. The third-order valence-electron chi connectivity index (χ3n) is 3.94. The van der Waals surface area contributed by atoms with Crippen LogP contribution in [0.2, 0.25) is 5.02 Å². The molecule has 1 aromatic heterocycles. The van der Waals surface area contributed by atoms with Gasteiger partial charge >= 0.3 is 5.97 Å². The lowest BCUT2D eigenvalue weighted by Gasteiger charge is -2.10. The Labute approximate surface area is 167 Å². The number of ether oxygens (including phenoxy) is 1. The molecule has 2 aromatic carbocycles. The highest BCUT2D eigenvalue weighted by Gasteiger charge is 2.11. The van der Waals surface area contributed by atoms with Gasteiger partial charge in [-0.1, -0.05) is 23.7 Å². The topological polar surface area (TPSA) is 80.3 Å². The number of nitrogens with one attached hydrogen (secondary N) is 2. The van der Waals surface area contributed by atoms with Crippen LogP contribution in [0.5, 0.6) is 0 Å². The molecular weight excluding hydrogens is 378 g/mol. The summed E-state index contributed by atoms with van der Waals surface area (Å²) >= 11 is 6.18. The van der Waals surface area contributed by atoms with Crippen LogP contribution in [0.15, 0.2) is 60.8 Å². The molecule has 6 nitrogen and oxygen atoms in total. The van der Waals surface area contributed by atoms with Crippen LogP contribution in [0.3, 0.4) is 0 Å². The Morgan fingerprint density at radius 2 is 1.86 bits per heavy atom. The van der Waals surface area contributed by atoms with Crippen LogP contribution < -0.4 is 10.6 Å². The summed E-state index contributed by atoms with van der Waals surface area (Å²) in [7, 11) is 1.31. The first-order chi connectivity index (χ1) is 13.5. The number of hydrogen-bond acceptors (Lipinski definition) is 5. The van der Waals surface area contributed by atoms with E-state index >= 15 is 0 Å². The minimum Gasteiger partial charge on any atom is -0.465 e. The van der Waals surface area contributed by atoms with Gasteiger partial charge in [-0.2, -0.15) is 0 Å². The molecule has 0 saturated heterocycles. The monoisotopic (exact) mass is 395 g/mol. The van der Waals surface area contributed by atoms with Gasteiger partial charge in [-0.05, 0) is 55.0 Å². The number of benzene rings is 2. The second-order valence-electron chi connectivity index (χ2n) is 6.07. The number of nitrogens with zero attached hydrogens (tertiary/aromatic N) is 1. The van der Waals surface area contributed by atoms with Crippen molar-refractivity contribution in [3.05, 3.63) is 82.6 Å². The van der Waals surface area contributed by atoms with Crippen molar-refractivity contribution in [1.29, 1.82) is 0 Å². The zero-order valence-corrected chi connectivity index (χ0v) is 16.1. The number of pyridine rings is 1. The summed E-state index contributed by atoms with van der Waals surface area (Å²) in [6.07, 6.45) is 1.52. The third-order valence-corrected chi connectivity index (χ3v) is 4.27. The Balaban J connectivity index is 1.72. The third kappa shape index (κ3) is 4.66. The van der Waals surface area contributed by atoms with Crippen molar-refractivity contribution in [3.63, 3.8) is 0 Å². The Hall–Kier alpha value is -3.38. The van der Waals surface area contributed by atoms with E-state index in [1.807, 2.05) is 31.2 Å². The summed E-state index contributed by atoms with van der Waals surface area (Å²) in [5.74, 6) is -0.760. The fourth-order valence-corrected chi connectivity index (χ4v) is 2.71. The maximum absolute atomic E-state index is 12.3. The Bertz CT molecular complexity index is 1020. The van der Waals surface area contributed by atoms with Crippen LogP contribution in [0.1, 0.15) is 26.4 Å². The number of rotatable bonds is 5. The van der Waals surface area contributed by atoms with Crippen molar-refractivity contribution in [3.8, 4) is 0 Å². The van der Waals surface area contributed by atoms with Crippen molar-refractivity contribution in [2.75, 3.05) is 17.7 Å². The number of aryl methyl sites for hydroxylation is 1. The standard InChI is InChI=1S/C21H18ClN3O3/c1-13-4-3-5-15(10-13)25-20(26)18-9-7-16(12-23-18)24-19-11-14(21(27)28-2)6-8-17(19)22/h3-12,24H,1-2H3,(H,25,26). The lowest BCUT2D eigenvalue weighted by Crippen LogP contribution is -2.13. The van der Waals surface area contributed by atoms with Gasteiger partial charge in [0.1, 0.15) is 5.69 Å². The van der Waals surface area contributed by atoms with E-state index in [4.69, 9.17) is 16.3 Å². The van der Waals surface area contributed by atoms with Crippen LogP contribution in [-0.4, -0.2) is 24.0 Å². The molecule has 0 bridgehead atoms. The average Bonchev–Trinajstić information content (AvgIpc) is 2.69. The van der Waals surface area contributed by atoms with E-state index in [-0.39, 0.29) is 11.6 Å². The van der Waals surface area contributed by atoms with Gasteiger partial charge in [-0.15, -0.1) is 0 Å². The van der Waals surface area contributed by atoms with Crippen molar-refractivity contribution in [2.24, 2.45) is 0 Å². The smallest absolute Gasteiger partial charge is 0.337 e. The van der Waals surface area contributed by atoms with E-state index in [0.717, 1.165) is 5.56 Å². The van der Waals surface area contributed by atoms with Gasteiger partial charge in [0.15, 0.2) is 0 Å². The van der Waals surface area contributed by atoms with E-state index in [2.05, 4.69) is 15.6 Å². The number of carbonyl (C=O) groups excluding carboxylic acids is 2. The quantitative estimate of drug-likeness (QED) is 0.605. The molecule has 0 radical (unpaired) electrons. The van der Waals surface area contributed by atoms with Crippen LogP contribution in [0, 0.1) is 6.92 Å². The molecule has 0 unspecified atom stereocenters. The fourth-order valence-electron chi connectivity index (χ4n) is 2.54. The first-order valence-electron chi connectivity index (χ1n) is 8.45. The summed E-state index contributed by atoms with van der Waals surface area (Å²) in [6, 6.07) is 15.6. The zero-order valence-electron chi connectivity index (χ0n) is 15.3. The molecule has 2 N–H and O–H groups in total. The lowest BCUT2D eigenvalue weighted by atomic mass is 10.2. The summed E-state index contributed by atoms with van der Waals surface area (Å²) < 4.78 is 4.71. The maximum atomic E-state index is 12.3. The van der Waals surface area contributed by atoms with Crippen LogP contribution in [0.4, 0.5) is 17.1 Å². The Morgan fingerprint density at radius 1 is 1.04 bits per heavy atom. The van der Waals surface area contributed by atoms with E-state index in [1.165, 1.54) is 13.3 Å². The normalized spacial score (nSPS) is 10.2. The fraction of sp³-hybridized carbons (Fsp3) is 0.0952. The van der Waals surface area contributed by atoms with Gasteiger partial charge < -0.3 is 15.4 Å². The SMILES string of the molecule is COC(=O)c1ccc(Cl)c(Nc2ccc(C(=O)Nc3cccc(C)c3)nc2)c1. The molecule has 3 aromatic rings. The number of methoxy groups -OCH3 is 1. The molecule has 3 rings (SSSR count). The summed E-state index contributed by atoms with van der Waals surface area (Å²) in [6.45, 7) is 1.95. The molecule has 0 aliphatic carbocycles. The number of carbonyl (C=O) groups is 2. The average molecular weight is 396 g/mol. The van der Waals surface area contributed by atoms with Crippen molar-refractivity contribution in [2.45, 2.75) is 6.92 Å². The van der Waals surface area contributed by atoms with Gasteiger partial charge in [0.05, 0.1) is 35.3 Å².